The average molecular weight is 223 g/mol. The second-order valence-corrected chi connectivity index (χ2v) is 3.97. The molecule has 1 atom stereocenters. The minimum absolute atomic E-state index is 0.129. The molecule has 0 fully saturated rings. The zero-order valence-electron chi connectivity index (χ0n) is 9.53. The van der Waals surface area contributed by atoms with Crippen LogP contribution in [0, 0.1) is 0 Å². The Kier molecular flexibility index (Phi) is 3.84. The molecule has 0 aliphatic rings. The van der Waals surface area contributed by atoms with Gasteiger partial charge in [-0.3, -0.25) is 9.78 Å². The van der Waals surface area contributed by atoms with Gasteiger partial charge in [-0.15, -0.1) is 0 Å². The Morgan fingerprint density at radius 2 is 2.38 bits per heavy atom. The number of hydrogen-bond acceptors (Lipinski definition) is 4. The van der Waals surface area contributed by atoms with Crippen LogP contribution in [0.3, 0.4) is 0 Å². The van der Waals surface area contributed by atoms with Crippen LogP contribution in [0.1, 0.15) is 30.6 Å². The van der Waals surface area contributed by atoms with Crippen molar-refractivity contribution in [2.24, 2.45) is 5.73 Å². The molecule has 0 saturated heterocycles. The summed E-state index contributed by atoms with van der Waals surface area (Å²) in [4.78, 5) is 15.6. The van der Waals surface area contributed by atoms with Crippen LogP contribution in [0.15, 0.2) is 18.5 Å². The van der Waals surface area contributed by atoms with Crippen molar-refractivity contribution in [1.29, 1.82) is 0 Å². The first-order valence-electron chi connectivity index (χ1n) is 5.18. The topological polar surface area (TPSA) is 88.2 Å². The number of nitrogens with two attached hydrogens (primary N) is 1. The molecule has 1 amide bonds. The third-order valence-electron chi connectivity index (χ3n) is 2.69. The lowest BCUT2D eigenvalue weighted by Crippen LogP contribution is -2.50. The fourth-order valence-electron chi connectivity index (χ4n) is 1.20. The molecular weight excluding hydrogens is 206 g/mol. The van der Waals surface area contributed by atoms with Crippen molar-refractivity contribution in [2.75, 3.05) is 6.54 Å². The molecule has 0 aromatic carbocycles. The molecule has 5 nitrogen and oxygen atoms in total. The number of aromatic nitrogens is 1. The lowest BCUT2D eigenvalue weighted by atomic mass is 9.98. The van der Waals surface area contributed by atoms with Crippen molar-refractivity contribution in [3.63, 3.8) is 0 Å². The lowest BCUT2D eigenvalue weighted by Gasteiger charge is -2.27. The third kappa shape index (κ3) is 2.70. The van der Waals surface area contributed by atoms with Gasteiger partial charge >= 0.3 is 0 Å². The molecule has 1 aromatic heterocycles. The van der Waals surface area contributed by atoms with Crippen LogP contribution < -0.4 is 11.1 Å². The molecule has 16 heavy (non-hydrogen) atoms. The van der Waals surface area contributed by atoms with Crippen molar-refractivity contribution >= 4 is 5.91 Å². The molecular formula is C11H17N3O2. The Balaban J connectivity index is 2.84. The number of pyridine rings is 1. The number of hydrogen-bond donors (Lipinski definition) is 3. The predicted molar refractivity (Wildman–Crippen MR) is 61.1 cm³/mol. The Labute approximate surface area is 94.7 Å². The van der Waals surface area contributed by atoms with Crippen LogP contribution >= 0.6 is 0 Å². The van der Waals surface area contributed by atoms with Gasteiger partial charge in [0.15, 0.2) is 0 Å². The van der Waals surface area contributed by atoms with Crippen LogP contribution in [-0.2, 0) is 0 Å². The Bertz CT molecular complexity index is 375. The molecule has 1 aromatic rings. The van der Waals surface area contributed by atoms with E-state index in [1.54, 1.807) is 0 Å². The summed E-state index contributed by atoms with van der Waals surface area (Å²) in [6.07, 6.45) is 3.42. The fourth-order valence-corrected chi connectivity index (χ4v) is 1.20. The van der Waals surface area contributed by atoms with E-state index >= 15 is 0 Å². The first-order chi connectivity index (χ1) is 7.52. The highest BCUT2D eigenvalue weighted by molar-refractivity contribution is 5.97. The monoisotopic (exact) mass is 223 g/mol. The second kappa shape index (κ2) is 4.94. The summed E-state index contributed by atoms with van der Waals surface area (Å²) in [5, 5.41) is 12.3. The van der Waals surface area contributed by atoms with Gasteiger partial charge in [-0.25, -0.2) is 0 Å². The van der Waals surface area contributed by atoms with Gasteiger partial charge in [0.2, 0.25) is 0 Å². The molecule has 88 valence electrons. The summed E-state index contributed by atoms with van der Waals surface area (Å²) in [6.45, 7) is 4.16. The van der Waals surface area contributed by atoms with Gasteiger partial charge in [-0.2, -0.15) is 0 Å². The van der Waals surface area contributed by atoms with Gasteiger partial charge in [0.05, 0.1) is 11.8 Å². The highest BCUT2D eigenvalue weighted by Gasteiger charge is 2.24. The second-order valence-electron chi connectivity index (χ2n) is 3.97. The molecule has 0 radical (unpaired) electrons. The molecule has 5 heteroatoms. The smallest absolute Gasteiger partial charge is 0.255 e. The van der Waals surface area contributed by atoms with Gasteiger partial charge < -0.3 is 16.2 Å². The van der Waals surface area contributed by atoms with Crippen LogP contribution in [0.5, 0.6) is 5.75 Å². The van der Waals surface area contributed by atoms with E-state index in [1.165, 1.54) is 18.5 Å². The van der Waals surface area contributed by atoms with Crippen molar-refractivity contribution in [2.45, 2.75) is 25.8 Å². The van der Waals surface area contributed by atoms with Gasteiger partial charge in [0, 0.05) is 18.3 Å². The summed E-state index contributed by atoms with van der Waals surface area (Å²) in [6, 6.07) is 1.47. The van der Waals surface area contributed by atoms with Crippen molar-refractivity contribution in [3.05, 3.63) is 24.0 Å². The van der Waals surface area contributed by atoms with E-state index in [0.717, 1.165) is 6.42 Å². The molecule has 4 N–H and O–H groups in total. The third-order valence-corrected chi connectivity index (χ3v) is 2.69. The molecule has 0 aliphatic carbocycles. The molecule has 0 bridgehead atoms. The Morgan fingerprint density at radius 1 is 1.69 bits per heavy atom. The summed E-state index contributed by atoms with van der Waals surface area (Å²) in [5.41, 5.74) is 5.35. The number of amides is 1. The highest BCUT2D eigenvalue weighted by Crippen LogP contribution is 2.16. The summed E-state index contributed by atoms with van der Waals surface area (Å²) >= 11 is 0. The largest absolute Gasteiger partial charge is 0.505 e. The molecule has 0 spiro atoms. The van der Waals surface area contributed by atoms with E-state index in [0.29, 0.717) is 6.54 Å². The highest BCUT2D eigenvalue weighted by atomic mass is 16.3. The quantitative estimate of drug-likeness (QED) is 0.699. The van der Waals surface area contributed by atoms with E-state index in [-0.39, 0.29) is 17.2 Å². The Morgan fingerprint density at radius 3 is 2.88 bits per heavy atom. The maximum absolute atomic E-state index is 11.8. The lowest BCUT2D eigenvalue weighted by molar-refractivity contribution is 0.0903. The fraction of sp³-hybridized carbons (Fsp3) is 0.455. The standard InChI is InChI=1S/C11H17N3O2/c1-3-11(2,7-12)14-10(16)8-4-5-13-6-9(8)15/h4-6,15H,3,7,12H2,1-2H3,(H,14,16). The Hall–Kier alpha value is -1.62. The average Bonchev–Trinajstić information content (AvgIpc) is 2.29. The van der Waals surface area contributed by atoms with Crippen molar-refractivity contribution < 1.29 is 9.90 Å². The van der Waals surface area contributed by atoms with Crippen molar-refractivity contribution in [3.8, 4) is 5.75 Å². The number of aromatic hydroxyl groups is 1. The molecule has 1 rings (SSSR count). The zero-order valence-corrected chi connectivity index (χ0v) is 9.53. The molecule has 1 heterocycles. The van der Waals surface area contributed by atoms with Crippen molar-refractivity contribution in [1.82, 2.24) is 10.3 Å². The van der Waals surface area contributed by atoms with E-state index in [9.17, 15) is 9.90 Å². The normalized spacial score (nSPS) is 14.2. The van der Waals surface area contributed by atoms with Gasteiger partial charge in [-0.1, -0.05) is 6.92 Å². The molecule has 0 aliphatic heterocycles. The maximum Gasteiger partial charge on any atom is 0.255 e. The minimum atomic E-state index is -0.452. The maximum atomic E-state index is 11.8. The number of nitrogens with zero attached hydrogens (tertiary/aromatic N) is 1. The first-order valence-corrected chi connectivity index (χ1v) is 5.18. The van der Waals surface area contributed by atoms with Crippen LogP contribution in [0.4, 0.5) is 0 Å². The SMILES string of the molecule is CCC(C)(CN)NC(=O)c1ccncc1O. The zero-order chi connectivity index (χ0) is 12.2. The van der Waals surface area contributed by atoms with E-state index in [4.69, 9.17) is 5.73 Å². The summed E-state index contributed by atoms with van der Waals surface area (Å²) in [7, 11) is 0. The van der Waals surface area contributed by atoms with Gasteiger partial charge in [-0.05, 0) is 19.4 Å². The predicted octanol–water partition coefficient (Wildman–Crippen LogP) is 0.644. The number of carbonyl (C=O) groups excluding carboxylic acids is 1. The van der Waals surface area contributed by atoms with Crippen LogP contribution in [-0.4, -0.2) is 28.1 Å². The van der Waals surface area contributed by atoms with Crippen LogP contribution in [0.2, 0.25) is 0 Å². The van der Waals surface area contributed by atoms with Gasteiger partial charge in [0.1, 0.15) is 5.75 Å². The number of carbonyl (C=O) groups is 1. The molecule has 1 unspecified atom stereocenters. The number of nitrogens with one attached hydrogen (secondary N) is 1. The van der Waals surface area contributed by atoms with Crippen LogP contribution in [0.25, 0.3) is 0 Å². The van der Waals surface area contributed by atoms with E-state index in [2.05, 4.69) is 10.3 Å². The van der Waals surface area contributed by atoms with E-state index < -0.39 is 5.54 Å². The van der Waals surface area contributed by atoms with E-state index in [1.807, 2.05) is 13.8 Å². The summed E-state index contributed by atoms with van der Waals surface area (Å²) in [5.74, 6) is -0.467. The molecule has 0 saturated carbocycles. The minimum Gasteiger partial charge on any atom is -0.505 e. The first kappa shape index (κ1) is 12.4. The van der Waals surface area contributed by atoms with Gasteiger partial charge in [0.25, 0.3) is 5.91 Å². The summed E-state index contributed by atoms with van der Waals surface area (Å²) < 4.78 is 0. The number of rotatable bonds is 4.